The van der Waals surface area contributed by atoms with Crippen molar-refractivity contribution in [2.24, 2.45) is 0 Å². The minimum atomic E-state index is -0.0932. The Balaban J connectivity index is 1.24. The number of rotatable bonds is 6. The van der Waals surface area contributed by atoms with Crippen LogP contribution in [0.25, 0.3) is 6.08 Å². The van der Waals surface area contributed by atoms with Crippen molar-refractivity contribution in [1.29, 1.82) is 0 Å². The molecule has 0 unspecified atom stereocenters. The van der Waals surface area contributed by atoms with Crippen molar-refractivity contribution in [2.75, 3.05) is 5.32 Å². The Hall–Kier alpha value is -3.41. The van der Waals surface area contributed by atoms with E-state index in [1.54, 1.807) is 23.9 Å². The number of furan rings is 1. The maximum absolute atomic E-state index is 12.7. The lowest BCUT2D eigenvalue weighted by Crippen LogP contribution is -2.02. The highest BCUT2D eigenvalue weighted by Gasteiger charge is 2.16. The lowest BCUT2D eigenvalue weighted by molar-refractivity contribution is 0.104. The standard InChI is InChI=1S/C27H20ClNO3S/c1-17-5-4-6-21(28)27(17)31-16-20-11-10-19(32-20)12-13-24(30)18-9-14-26-23(15-18)29-22-7-2-3-8-25(22)33-26/h2-15,29H,16H2,1H3/b13-12+. The molecule has 33 heavy (non-hydrogen) atoms. The maximum atomic E-state index is 12.7. The molecule has 1 N–H and O–H groups in total. The zero-order valence-electron chi connectivity index (χ0n) is 17.8. The van der Waals surface area contributed by atoms with Crippen LogP contribution in [0.5, 0.6) is 5.75 Å². The van der Waals surface area contributed by atoms with E-state index in [0.717, 1.165) is 21.8 Å². The molecule has 0 aliphatic carbocycles. The van der Waals surface area contributed by atoms with Crippen LogP contribution in [-0.4, -0.2) is 5.78 Å². The van der Waals surface area contributed by atoms with E-state index in [4.69, 9.17) is 20.8 Å². The van der Waals surface area contributed by atoms with E-state index < -0.39 is 0 Å². The number of aryl methyl sites for hydroxylation is 1. The Labute approximate surface area is 201 Å². The van der Waals surface area contributed by atoms with E-state index in [1.807, 2.05) is 67.6 Å². The predicted molar refractivity (Wildman–Crippen MR) is 133 cm³/mol. The number of ketones is 1. The van der Waals surface area contributed by atoms with Crippen molar-refractivity contribution >= 4 is 46.6 Å². The van der Waals surface area contributed by atoms with Crippen molar-refractivity contribution in [2.45, 2.75) is 23.3 Å². The first-order valence-corrected chi connectivity index (χ1v) is 11.6. The Morgan fingerprint density at radius 1 is 1.03 bits per heavy atom. The molecular weight excluding hydrogens is 454 g/mol. The highest BCUT2D eigenvalue weighted by atomic mass is 35.5. The van der Waals surface area contributed by atoms with Crippen LogP contribution >= 0.6 is 23.4 Å². The fourth-order valence-electron chi connectivity index (χ4n) is 3.55. The van der Waals surface area contributed by atoms with Gasteiger partial charge in [-0.15, -0.1) is 0 Å². The largest absolute Gasteiger partial charge is 0.484 e. The van der Waals surface area contributed by atoms with Gasteiger partial charge in [-0.3, -0.25) is 4.79 Å². The fourth-order valence-corrected chi connectivity index (χ4v) is 4.80. The third-order valence-electron chi connectivity index (χ3n) is 5.24. The predicted octanol–water partition coefficient (Wildman–Crippen LogP) is 7.92. The van der Waals surface area contributed by atoms with Gasteiger partial charge >= 0.3 is 0 Å². The quantitative estimate of drug-likeness (QED) is 0.200. The minimum Gasteiger partial charge on any atom is -0.484 e. The molecule has 0 spiro atoms. The summed E-state index contributed by atoms with van der Waals surface area (Å²) in [7, 11) is 0. The van der Waals surface area contributed by atoms with Crippen molar-refractivity contribution in [3.8, 4) is 5.75 Å². The van der Waals surface area contributed by atoms with Gasteiger partial charge in [0.25, 0.3) is 0 Å². The lowest BCUT2D eigenvalue weighted by Gasteiger charge is -2.20. The highest BCUT2D eigenvalue weighted by molar-refractivity contribution is 7.99. The zero-order chi connectivity index (χ0) is 22.8. The van der Waals surface area contributed by atoms with Crippen molar-refractivity contribution < 1.29 is 13.9 Å². The molecule has 0 bridgehead atoms. The summed E-state index contributed by atoms with van der Waals surface area (Å²) in [6.45, 7) is 2.19. The molecule has 3 aromatic carbocycles. The normalized spacial score (nSPS) is 12.2. The van der Waals surface area contributed by atoms with E-state index in [1.165, 1.54) is 11.0 Å². The number of carbonyl (C=O) groups is 1. The molecule has 164 valence electrons. The average Bonchev–Trinajstić information content (AvgIpc) is 3.28. The Morgan fingerprint density at radius 3 is 2.76 bits per heavy atom. The summed E-state index contributed by atoms with van der Waals surface area (Å²) in [5.41, 5.74) is 3.56. The van der Waals surface area contributed by atoms with Crippen LogP contribution in [0, 0.1) is 6.92 Å². The molecule has 4 nitrogen and oxygen atoms in total. The van der Waals surface area contributed by atoms with Gasteiger partial charge in [0.1, 0.15) is 23.9 Å². The molecule has 1 aromatic heterocycles. The number of fused-ring (bicyclic) bond motifs is 2. The number of allylic oxidation sites excluding steroid dienone is 1. The van der Waals surface area contributed by atoms with E-state index in [9.17, 15) is 4.79 Å². The van der Waals surface area contributed by atoms with Crippen molar-refractivity contribution in [1.82, 2.24) is 0 Å². The number of hydrogen-bond donors (Lipinski definition) is 1. The Bertz CT molecular complexity index is 1360. The number of halogens is 1. The molecule has 0 saturated heterocycles. The monoisotopic (exact) mass is 473 g/mol. The average molecular weight is 474 g/mol. The molecule has 0 saturated carbocycles. The highest BCUT2D eigenvalue weighted by Crippen LogP contribution is 2.44. The maximum Gasteiger partial charge on any atom is 0.186 e. The molecule has 2 heterocycles. The topological polar surface area (TPSA) is 51.5 Å². The van der Waals surface area contributed by atoms with Crippen LogP contribution < -0.4 is 10.1 Å². The van der Waals surface area contributed by atoms with Crippen LogP contribution in [0.2, 0.25) is 5.02 Å². The number of anilines is 2. The van der Waals surface area contributed by atoms with E-state index in [2.05, 4.69) is 11.4 Å². The second kappa shape index (κ2) is 9.22. The van der Waals surface area contributed by atoms with Crippen LogP contribution in [0.4, 0.5) is 11.4 Å². The second-order valence-electron chi connectivity index (χ2n) is 7.61. The van der Waals surface area contributed by atoms with Gasteiger partial charge in [0.05, 0.1) is 16.4 Å². The number of nitrogens with one attached hydrogen (secondary N) is 1. The summed E-state index contributed by atoms with van der Waals surface area (Å²) in [5, 5.41) is 3.97. The summed E-state index contributed by atoms with van der Waals surface area (Å²) in [6.07, 6.45) is 3.19. The lowest BCUT2D eigenvalue weighted by atomic mass is 10.1. The Kier molecular flexibility index (Phi) is 5.99. The number of benzene rings is 3. The molecule has 1 aliphatic heterocycles. The van der Waals surface area contributed by atoms with Gasteiger partial charge in [-0.05, 0) is 73.2 Å². The molecule has 0 amide bonds. The molecule has 5 rings (SSSR count). The molecule has 6 heteroatoms. The summed E-state index contributed by atoms with van der Waals surface area (Å²) in [5.74, 6) is 1.78. The van der Waals surface area contributed by atoms with Crippen molar-refractivity contribution in [3.05, 3.63) is 107 Å². The number of ether oxygens (including phenoxy) is 1. The third-order valence-corrected chi connectivity index (χ3v) is 6.69. The van der Waals surface area contributed by atoms with Gasteiger partial charge in [-0.25, -0.2) is 0 Å². The summed E-state index contributed by atoms with van der Waals surface area (Å²) >= 11 is 7.90. The summed E-state index contributed by atoms with van der Waals surface area (Å²) in [4.78, 5) is 15.0. The zero-order valence-corrected chi connectivity index (χ0v) is 19.4. The van der Waals surface area contributed by atoms with Gasteiger partial charge in [0.2, 0.25) is 0 Å². The van der Waals surface area contributed by atoms with Gasteiger partial charge < -0.3 is 14.5 Å². The van der Waals surface area contributed by atoms with E-state index >= 15 is 0 Å². The number of carbonyl (C=O) groups excluding carboxylic acids is 1. The van der Waals surface area contributed by atoms with E-state index in [0.29, 0.717) is 27.9 Å². The van der Waals surface area contributed by atoms with Crippen LogP contribution in [0.1, 0.15) is 27.4 Å². The van der Waals surface area contributed by atoms with Gasteiger partial charge in [-0.2, -0.15) is 0 Å². The van der Waals surface area contributed by atoms with Gasteiger partial charge in [-0.1, -0.05) is 47.6 Å². The minimum absolute atomic E-state index is 0.0932. The van der Waals surface area contributed by atoms with Gasteiger partial charge in [0.15, 0.2) is 5.78 Å². The summed E-state index contributed by atoms with van der Waals surface area (Å²) in [6, 6.07) is 23.1. The molecular formula is C27H20ClNO3S. The third kappa shape index (κ3) is 4.70. The van der Waals surface area contributed by atoms with Crippen LogP contribution in [-0.2, 0) is 6.61 Å². The SMILES string of the molecule is Cc1cccc(Cl)c1OCc1ccc(/C=C/C(=O)c2ccc3c(c2)Nc2ccccc2S3)o1. The Morgan fingerprint density at radius 2 is 1.88 bits per heavy atom. The molecule has 0 radical (unpaired) electrons. The number of hydrogen-bond acceptors (Lipinski definition) is 5. The summed E-state index contributed by atoms with van der Waals surface area (Å²) < 4.78 is 11.6. The molecule has 4 aromatic rings. The van der Waals surface area contributed by atoms with Crippen molar-refractivity contribution in [3.63, 3.8) is 0 Å². The first-order valence-electron chi connectivity index (χ1n) is 10.4. The first-order chi connectivity index (χ1) is 16.1. The first kappa shape index (κ1) is 21.4. The van der Waals surface area contributed by atoms with Gasteiger partial charge in [0, 0.05) is 15.4 Å². The smallest absolute Gasteiger partial charge is 0.186 e. The number of para-hydroxylation sites is 2. The van der Waals surface area contributed by atoms with E-state index in [-0.39, 0.29) is 12.4 Å². The molecule has 0 fully saturated rings. The molecule has 1 aliphatic rings. The van der Waals surface area contributed by atoms with Crippen LogP contribution in [0.15, 0.2) is 93.1 Å². The second-order valence-corrected chi connectivity index (χ2v) is 9.10. The fraction of sp³-hybridized carbons (Fsp3) is 0.0741. The van der Waals surface area contributed by atoms with Crippen LogP contribution in [0.3, 0.4) is 0 Å². The molecule has 0 atom stereocenters.